The number of hydrogen-bond acceptors (Lipinski definition) is 5. The molecule has 6 nitrogen and oxygen atoms in total. The zero-order valence-corrected chi connectivity index (χ0v) is 8.88. The maximum Gasteiger partial charge on any atom is 0.338 e. The van der Waals surface area contributed by atoms with E-state index in [4.69, 9.17) is 10.8 Å². The molecule has 0 radical (unpaired) electrons. The highest BCUT2D eigenvalue weighted by atomic mass is 19.1. The van der Waals surface area contributed by atoms with Crippen molar-refractivity contribution in [3.63, 3.8) is 0 Å². The molecule has 0 aliphatic carbocycles. The molecule has 0 spiro atoms. The average Bonchev–Trinajstić information content (AvgIpc) is 2.28. The largest absolute Gasteiger partial charge is 0.478 e. The predicted molar refractivity (Wildman–Crippen MR) is 55.8 cm³/mol. The Hall–Kier alpha value is -1.57. The van der Waals surface area contributed by atoms with Gasteiger partial charge in [0.25, 0.3) is 0 Å². The number of aliphatic hydroxyl groups excluding tert-OH is 2. The molecule has 94 valence electrons. The summed E-state index contributed by atoms with van der Waals surface area (Å²) in [7, 11) is 0. The van der Waals surface area contributed by atoms with Gasteiger partial charge in [0, 0.05) is 0 Å². The second-order valence-electron chi connectivity index (χ2n) is 3.48. The molecule has 0 saturated carbocycles. The van der Waals surface area contributed by atoms with Gasteiger partial charge in [0.15, 0.2) is 5.82 Å². The van der Waals surface area contributed by atoms with Crippen LogP contribution in [0.15, 0.2) is 12.3 Å². The first-order valence-corrected chi connectivity index (χ1v) is 4.92. The van der Waals surface area contributed by atoms with Gasteiger partial charge in [0.1, 0.15) is 6.10 Å². The van der Waals surface area contributed by atoms with E-state index in [2.05, 4.69) is 4.98 Å². The zero-order valence-electron chi connectivity index (χ0n) is 8.88. The van der Waals surface area contributed by atoms with Crippen LogP contribution in [0.25, 0.3) is 0 Å². The Balaban J connectivity index is 2.99. The number of aliphatic hydroxyl groups is 2. The van der Waals surface area contributed by atoms with Gasteiger partial charge < -0.3 is 21.1 Å². The van der Waals surface area contributed by atoms with Crippen molar-refractivity contribution in [1.82, 2.24) is 4.98 Å². The molecule has 0 fully saturated rings. The molecule has 0 aromatic carbocycles. The van der Waals surface area contributed by atoms with Crippen LogP contribution in [0.5, 0.6) is 0 Å². The molecule has 1 aromatic rings. The van der Waals surface area contributed by atoms with Crippen molar-refractivity contribution >= 4 is 5.97 Å². The minimum absolute atomic E-state index is 0.107. The summed E-state index contributed by atoms with van der Waals surface area (Å²) < 4.78 is 13.0. The average molecular weight is 244 g/mol. The molecule has 0 aliphatic heterocycles. The van der Waals surface area contributed by atoms with Gasteiger partial charge in [-0.05, 0) is 19.0 Å². The zero-order chi connectivity index (χ0) is 13.0. The van der Waals surface area contributed by atoms with Crippen LogP contribution < -0.4 is 5.73 Å². The molecular weight excluding hydrogens is 231 g/mol. The lowest BCUT2D eigenvalue weighted by molar-refractivity contribution is 0.0123. The smallest absolute Gasteiger partial charge is 0.338 e. The first kappa shape index (κ1) is 13.5. The Morgan fingerprint density at radius 3 is 2.71 bits per heavy atom. The number of carboxylic acid groups (broad SMARTS) is 1. The Kier molecular flexibility index (Phi) is 4.50. The van der Waals surface area contributed by atoms with Crippen LogP contribution in [0.1, 0.15) is 28.6 Å². The van der Waals surface area contributed by atoms with Gasteiger partial charge in [0.2, 0.25) is 0 Å². The minimum Gasteiger partial charge on any atom is -0.478 e. The fraction of sp³-hybridized carbons (Fsp3) is 0.400. The van der Waals surface area contributed by atoms with E-state index in [0.717, 1.165) is 6.07 Å². The minimum atomic E-state index is -1.47. The van der Waals surface area contributed by atoms with Crippen molar-refractivity contribution in [3.8, 4) is 0 Å². The van der Waals surface area contributed by atoms with Crippen molar-refractivity contribution < 1.29 is 24.5 Å². The third kappa shape index (κ3) is 3.19. The Morgan fingerprint density at radius 2 is 2.18 bits per heavy atom. The third-order valence-corrected chi connectivity index (χ3v) is 2.24. The van der Waals surface area contributed by atoms with Crippen molar-refractivity contribution in [1.29, 1.82) is 0 Å². The molecular formula is C10H13FN2O4. The summed E-state index contributed by atoms with van der Waals surface area (Å²) in [5.74, 6) is -2.46. The van der Waals surface area contributed by atoms with Crippen LogP contribution in [-0.4, -0.2) is 38.9 Å². The van der Waals surface area contributed by atoms with E-state index < -0.39 is 29.6 Å². The number of halogens is 1. The summed E-state index contributed by atoms with van der Waals surface area (Å²) in [4.78, 5) is 14.2. The Bertz CT molecular complexity index is 413. The lowest BCUT2D eigenvalue weighted by Crippen LogP contribution is -2.23. The van der Waals surface area contributed by atoms with E-state index in [1.165, 1.54) is 0 Å². The van der Waals surface area contributed by atoms with Crippen molar-refractivity contribution in [2.24, 2.45) is 5.73 Å². The normalized spacial score (nSPS) is 14.4. The quantitative estimate of drug-likeness (QED) is 0.563. The van der Waals surface area contributed by atoms with E-state index in [9.17, 15) is 19.4 Å². The number of carboxylic acids is 1. The standard InChI is InChI=1S/C10H13FN2O4/c11-6-4-13-7(3-5(6)10(16)17)9(15)8(14)1-2-12/h3-4,8-9,14-15H,1-2,12H2,(H,16,17). The SMILES string of the molecule is NCCC(O)C(O)c1cc(C(=O)O)c(F)cn1. The number of hydrogen-bond donors (Lipinski definition) is 4. The van der Waals surface area contributed by atoms with Crippen LogP contribution in [0.3, 0.4) is 0 Å². The third-order valence-electron chi connectivity index (χ3n) is 2.24. The van der Waals surface area contributed by atoms with Gasteiger partial charge in [-0.3, -0.25) is 4.98 Å². The summed E-state index contributed by atoms with van der Waals surface area (Å²) in [6.45, 7) is 0.158. The second kappa shape index (κ2) is 5.67. The summed E-state index contributed by atoms with van der Waals surface area (Å²) in [5, 5.41) is 27.8. The molecule has 17 heavy (non-hydrogen) atoms. The molecule has 1 rings (SSSR count). The fourth-order valence-electron chi connectivity index (χ4n) is 1.31. The molecule has 5 N–H and O–H groups in total. The molecule has 2 atom stereocenters. The Labute approximate surface area is 96.5 Å². The van der Waals surface area contributed by atoms with Gasteiger partial charge in [0.05, 0.1) is 23.6 Å². The fourth-order valence-corrected chi connectivity index (χ4v) is 1.31. The number of nitrogens with zero attached hydrogens (tertiary/aromatic N) is 1. The van der Waals surface area contributed by atoms with E-state index in [0.29, 0.717) is 6.20 Å². The van der Waals surface area contributed by atoms with Crippen LogP contribution in [-0.2, 0) is 0 Å². The lowest BCUT2D eigenvalue weighted by atomic mass is 10.1. The molecule has 2 unspecified atom stereocenters. The molecule has 0 saturated heterocycles. The van der Waals surface area contributed by atoms with E-state index in [1.807, 2.05) is 0 Å². The molecule has 0 bridgehead atoms. The maximum absolute atomic E-state index is 13.0. The highest BCUT2D eigenvalue weighted by molar-refractivity contribution is 5.87. The number of pyridine rings is 1. The van der Waals surface area contributed by atoms with Crippen molar-refractivity contribution in [2.45, 2.75) is 18.6 Å². The van der Waals surface area contributed by atoms with Gasteiger partial charge in [-0.2, -0.15) is 0 Å². The van der Waals surface area contributed by atoms with Crippen LogP contribution in [0, 0.1) is 5.82 Å². The molecule has 1 heterocycles. The van der Waals surface area contributed by atoms with Gasteiger partial charge in [-0.25, -0.2) is 9.18 Å². The predicted octanol–water partition coefficient (Wildman–Crippen LogP) is -0.338. The summed E-state index contributed by atoms with van der Waals surface area (Å²) >= 11 is 0. The lowest BCUT2D eigenvalue weighted by Gasteiger charge is -2.16. The summed E-state index contributed by atoms with van der Waals surface area (Å²) in [6, 6.07) is 0.891. The maximum atomic E-state index is 13.0. The highest BCUT2D eigenvalue weighted by Crippen LogP contribution is 2.19. The number of aromatic carboxylic acids is 1. The molecule has 1 aromatic heterocycles. The van der Waals surface area contributed by atoms with E-state index in [1.54, 1.807) is 0 Å². The first-order valence-electron chi connectivity index (χ1n) is 4.92. The monoisotopic (exact) mass is 244 g/mol. The van der Waals surface area contributed by atoms with Crippen LogP contribution >= 0.6 is 0 Å². The topological polar surface area (TPSA) is 117 Å². The Morgan fingerprint density at radius 1 is 1.53 bits per heavy atom. The van der Waals surface area contributed by atoms with Crippen LogP contribution in [0.2, 0.25) is 0 Å². The first-order chi connectivity index (χ1) is 7.97. The molecule has 0 amide bonds. The van der Waals surface area contributed by atoms with E-state index in [-0.39, 0.29) is 18.7 Å². The van der Waals surface area contributed by atoms with E-state index >= 15 is 0 Å². The van der Waals surface area contributed by atoms with Gasteiger partial charge in [-0.15, -0.1) is 0 Å². The number of carbonyl (C=O) groups is 1. The number of aromatic nitrogens is 1. The summed E-state index contributed by atoms with van der Waals surface area (Å²) in [6.07, 6.45) is -1.74. The van der Waals surface area contributed by atoms with Gasteiger partial charge in [-0.1, -0.05) is 0 Å². The molecule has 0 aliphatic rings. The number of nitrogens with two attached hydrogens (primary N) is 1. The summed E-state index contributed by atoms with van der Waals surface area (Å²) in [5.41, 5.74) is 4.49. The molecule has 7 heteroatoms. The number of rotatable bonds is 5. The highest BCUT2D eigenvalue weighted by Gasteiger charge is 2.21. The van der Waals surface area contributed by atoms with Crippen molar-refractivity contribution in [2.75, 3.05) is 6.54 Å². The second-order valence-corrected chi connectivity index (χ2v) is 3.48. The van der Waals surface area contributed by atoms with Gasteiger partial charge >= 0.3 is 5.97 Å². The van der Waals surface area contributed by atoms with Crippen molar-refractivity contribution in [3.05, 3.63) is 29.3 Å². The van der Waals surface area contributed by atoms with Crippen LogP contribution in [0.4, 0.5) is 4.39 Å².